The van der Waals surface area contributed by atoms with Crippen molar-refractivity contribution in [3.63, 3.8) is 0 Å². The lowest BCUT2D eigenvalue weighted by molar-refractivity contribution is 0.103. The Morgan fingerprint density at radius 1 is 1.04 bits per heavy atom. The number of fused-ring (bicyclic) bond motifs is 2. The Hall–Kier alpha value is -3.08. The maximum Gasteiger partial charge on any atom is 0.212 e. The molecular weight excluding hydrogens is 294 g/mol. The van der Waals surface area contributed by atoms with E-state index in [-0.39, 0.29) is 11.5 Å². The number of nitrogens with zero attached hydrogens (tertiary/aromatic N) is 1. The zero-order valence-corrected chi connectivity index (χ0v) is 12.6. The Morgan fingerprint density at radius 3 is 2.61 bits per heavy atom. The average molecular weight is 307 g/mol. The van der Waals surface area contributed by atoms with Crippen molar-refractivity contribution in [1.29, 1.82) is 0 Å². The molecule has 1 heterocycles. The van der Waals surface area contributed by atoms with Gasteiger partial charge in [-0.15, -0.1) is 0 Å². The fourth-order valence-corrected chi connectivity index (χ4v) is 3.08. The molecular formula is C18H13NO4. The molecule has 0 spiro atoms. The Morgan fingerprint density at radius 2 is 1.87 bits per heavy atom. The van der Waals surface area contributed by atoms with E-state index >= 15 is 0 Å². The van der Waals surface area contributed by atoms with Gasteiger partial charge in [-0.05, 0) is 35.7 Å². The third-order valence-electron chi connectivity index (χ3n) is 4.17. The summed E-state index contributed by atoms with van der Waals surface area (Å²) < 4.78 is 10.5. The number of benzene rings is 2. The van der Waals surface area contributed by atoms with Gasteiger partial charge in [0.05, 0.1) is 14.2 Å². The van der Waals surface area contributed by atoms with E-state index in [1.54, 1.807) is 43.6 Å². The second-order valence-electron chi connectivity index (χ2n) is 5.30. The zero-order valence-electron chi connectivity index (χ0n) is 12.6. The molecule has 0 radical (unpaired) electrons. The molecule has 0 unspecified atom stereocenters. The van der Waals surface area contributed by atoms with Crippen LogP contribution >= 0.6 is 0 Å². The highest BCUT2D eigenvalue weighted by Crippen LogP contribution is 2.48. The van der Waals surface area contributed by atoms with Gasteiger partial charge in [-0.3, -0.25) is 9.78 Å². The number of hydrogen-bond donors (Lipinski definition) is 1. The summed E-state index contributed by atoms with van der Waals surface area (Å²) in [4.78, 5) is 17.0. The highest BCUT2D eigenvalue weighted by Gasteiger charge is 2.30. The van der Waals surface area contributed by atoms with E-state index in [0.29, 0.717) is 39.3 Å². The lowest BCUT2D eigenvalue weighted by atomic mass is 9.84. The van der Waals surface area contributed by atoms with Crippen LogP contribution in [-0.2, 0) is 0 Å². The summed E-state index contributed by atoms with van der Waals surface area (Å²) in [6.07, 6.45) is 1.59. The number of carbonyl (C=O) groups excluding carboxylic acids is 1. The van der Waals surface area contributed by atoms with Crippen molar-refractivity contribution in [3.8, 4) is 28.4 Å². The van der Waals surface area contributed by atoms with Crippen molar-refractivity contribution in [2.75, 3.05) is 14.2 Å². The van der Waals surface area contributed by atoms with Crippen molar-refractivity contribution in [3.05, 3.63) is 47.8 Å². The van der Waals surface area contributed by atoms with Crippen LogP contribution in [0.1, 0.15) is 16.1 Å². The number of rotatable bonds is 2. The van der Waals surface area contributed by atoms with Crippen LogP contribution in [0.3, 0.4) is 0 Å². The van der Waals surface area contributed by atoms with Gasteiger partial charge in [-0.1, -0.05) is 0 Å². The summed E-state index contributed by atoms with van der Waals surface area (Å²) in [5.41, 5.74) is 2.00. The van der Waals surface area contributed by atoms with Crippen LogP contribution in [0.5, 0.6) is 17.2 Å². The number of methoxy groups -OCH3 is 2. The van der Waals surface area contributed by atoms with Crippen molar-refractivity contribution in [2.24, 2.45) is 0 Å². The Kier molecular flexibility index (Phi) is 2.78. The van der Waals surface area contributed by atoms with Crippen LogP contribution in [0.2, 0.25) is 0 Å². The van der Waals surface area contributed by atoms with E-state index in [2.05, 4.69) is 4.98 Å². The molecule has 114 valence electrons. The van der Waals surface area contributed by atoms with Crippen LogP contribution in [0, 0.1) is 0 Å². The first-order chi connectivity index (χ1) is 11.2. The highest BCUT2D eigenvalue weighted by atomic mass is 16.5. The number of aromatic hydroxyl groups is 1. The molecule has 4 rings (SSSR count). The molecule has 1 aromatic heterocycles. The second kappa shape index (κ2) is 4.71. The van der Waals surface area contributed by atoms with Gasteiger partial charge in [0, 0.05) is 28.3 Å². The third kappa shape index (κ3) is 1.73. The summed E-state index contributed by atoms with van der Waals surface area (Å²) >= 11 is 0. The predicted molar refractivity (Wildman–Crippen MR) is 85.4 cm³/mol. The predicted octanol–water partition coefficient (Wildman–Crippen LogP) is 3.17. The maximum atomic E-state index is 12.7. The minimum absolute atomic E-state index is 0.00347. The molecule has 23 heavy (non-hydrogen) atoms. The van der Waals surface area contributed by atoms with Gasteiger partial charge < -0.3 is 14.6 Å². The zero-order chi connectivity index (χ0) is 16.1. The van der Waals surface area contributed by atoms with Crippen LogP contribution in [0.15, 0.2) is 36.5 Å². The summed E-state index contributed by atoms with van der Waals surface area (Å²) in [5.74, 6) is 0.800. The highest BCUT2D eigenvalue weighted by molar-refractivity contribution is 6.26. The molecule has 1 N–H and O–H groups in total. The fraction of sp³-hybridized carbons (Fsp3) is 0.111. The van der Waals surface area contributed by atoms with E-state index in [4.69, 9.17) is 9.47 Å². The van der Waals surface area contributed by atoms with E-state index in [1.807, 2.05) is 0 Å². The van der Waals surface area contributed by atoms with Crippen LogP contribution < -0.4 is 9.47 Å². The largest absolute Gasteiger partial charge is 0.504 e. The van der Waals surface area contributed by atoms with E-state index < -0.39 is 0 Å². The van der Waals surface area contributed by atoms with E-state index in [9.17, 15) is 9.90 Å². The van der Waals surface area contributed by atoms with Gasteiger partial charge in [0.15, 0.2) is 11.5 Å². The number of phenolic OH excluding ortho intramolecular Hbond substituents is 1. The van der Waals surface area contributed by atoms with Gasteiger partial charge in [-0.2, -0.15) is 0 Å². The molecule has 5 heteroatoms. The van der Waals surface area contributed by atoms with Crippen LogP contribution in [0.25, 0.3) is 21.9 Å². The van der Waals surface area contributed by atoms with Gasteiger partial charge in [-0.25, -0.2) is 0 Å². The smallest absolute Gasteiger partial charge is 0.212 e. The summed E-state index contributed by atoms with van der Waals surface area (Å²) in [6.45, 7) is 0. The minimum Gasteiger partial charge on any atom is -0.504 e. The molecule has 5 nitrogen and oxygen atoms in total. The number of ether oxygens (including phenoxy) is 2. The number of ketones is 1. The van der Waals surface area contributed by atoms with Gasteiger partial charge in [0.2, 0.25) is 5.78 Å². The van der Waals surface area contributed by atoms with E-state index in [0.717, 1.165) is 5.39 Å². The molecule has 1 aliphatic rings. The SMILES string of the molecule is COc1ccc2c(c1)-c1c(O)c(OC)cc3ccnc(c13)C2=O. The molecule has 0 bridgehead atoms. The molecule has 2 aromatic carbocycles. The Bertz CT molecular complexity index is 978. The first-order valence-corrected chi connectivity index (χ1v) is 7.07. The lowest BCUT2D eigenvalue weighted by Gasteiger charge is -2.21. The molecule has 0 fully saturated rings. The number of hydrogen-bond acceptors (Lipinski definition) is 5. The van der Waals surface area contributed by atoms with Crippen molar-refractivity contribution < 1.29 is 19.4 Å². The van der Waals surface area contributed by atoms with Gasteiger partial charge in [0.25, 0.3) is 0 Å². The van der Waals surface area contributed by atoms with Gasteiger partial charge in [0.1, 0.15) is 11.4 Å². The normalized spacial score (nSPS) is 12.2. The average Bonchev–Trinajstić information content (AvgIpc) is 2.59. The Labute approximate surface area is 132 Å². The summed E-state index contributed by atoms with van der Waals surface area (Å²) in [6, 6.07) is 8.66. The third-order valence-corrected chi connectivity index (χ3v) is 4.17. The lowest BCUT2D eigenvalue weighted by Crippen LogP contribution is -2.12. The minimum atomic E-state index is -0.162. The summed E-state index contributed by atoms with van der Waals surface area (Å²) in [7, 11) is 3.05. The maximum absolute atomic E-state index is 12.7. The fourth-order valence-electron chi connectivity index (χ4n) is 3.08. The monoisotopic (exact) mass is 307 g/mol. The van der Waals surface area contributed by atoms with Crippen LogP contribution in [0.4, 0.5) is 0 Å². The quantitative estimate of drug-likeness (QED) is 0.616. The topological polar surface area (TPSA) is 68.7 Å². The van der Waals surface area contributed by atoms with E-state index in [1.165, 1.54) is 7.11 Å². The molecule has 0 saturated carbocycles. The second-order valence-corrected chi connectivity index (χ2v) is 5.30. The first-order valence-electron chi connectivity index (χ1n) is 7.07. The Balaban J connectivity index is 2.22. The van der Waals surface area contributed by atoms with Crippen molar-refractivity contribution in [1.82, 2.24) is 4.98 Å². The molecule has 0 saturated heterocycles. The first kappa shape index (κ1) is 13.6. The number of carbonyl (C=O) groups is 1. The standard InChI is InChI=1S/C18H13NO4/c1-22-10-3-4-11-12(8-10)15-14-9(7-13(23-2)18(15)21)5-6-19-16(14)17(11)20/h3-8,21H,1-2H3. The molecule has 0 atom stereocenters. The molecule has 3 aromatic rings. The molecule has 1 aliphatic carbocycles. The molecule has 0 aliphatic heterocycles. The number of pyridine rings is 1. The summed E-state index contributed by atoms with van der Waals surface area (Å²) in [5, 5.41) is 12.1. The number of phenols is 1. The van der Waals surface area contributed by atoms with Crippen molar-refractivity contribution >= 4 is 16.6 Å². The van der Waals surface area contributed by atoms with Gasteiger partial charge >= 0.3 is 0 Å². The van der Waals surface area contributed by atoms with Crippen molar-refractivity contribution in [2.45, 2.75) is 0 Å². The van der Waals surface area contributed by atoms with Crippen LogP contribution in [-0.4, -0.2) is 30.1 Å². The number of aromatic nitrogens is 1. The molecule has 0 amide bonds.